The molecule has 124 valence electrons. The molecule has 2 nitrogen and oxygen atoms in total. The lowest BCUT2D eigenvalue weighted by molar-refractivity contribution is -0.0688. The monoisotopic (exact) mass is 351 g/mol. The zero-order valence-corrected chi connectivity index (χ0v) is 15.0. The molecule has 4 fully saturated rings. The summed E-state index contributed by atoms with van der Waals surface area (Å²) in [6.45, 7) is 2.20. The Balaban J connectivity index is 1.50. The van der Waals surface area contributed by atoms with Gasteiger partial charge in [-0.2, -0.15) is 0 Å². The quantitative estimate of drug-likeness (QED) is 0.783. The van der Waals surface area contributed by atoms with Gasteiger partial charge in [-0.05, 0) is 86.8 Å². The van der Waals surface area contributed by atoms with E-state index in [-0.39, 0.29) is 11.9 Å². The van der Waals surface area contributed by atoms with Crippen molar-refractivity contribution in [1.29, 1.82) is 0 Å². The van der Waals surface area contributed by atoms with Crippen LogP contribution < -0.4 is 5.32 Å². The molecule has 0 aliphatic heterocycles. The number of carbonyl (C=O) groups is 1. The van der Waals surface area contributed by atoms with E-state index in [1.807, 2.05) is 0 Å². The van der Waals surface area contributed by atoms with E-state index < -0.39 is 0 Å². The Morgan fingerprint density at radius 1 is 1.09 bits per heavy atom. The Bertz CT molecular complexity index is 607. The van der Waals surface area contributed by atoms with Gasteiger partial charge in [0.2, 0.25) is 0 Å². The highest BCUT2D eigenvalue weighted by Gasteiger charge is 2.53. The minimum absolute atomic E-state index is 0.0354. The lowest BCUT2D eigenvalue weighted by atomic mass is 9.48. The summed E-state index contributed by atoms with van der Waals surface area (Å²) in [5.41, 5.74) is 0.914. The second-order valence-corrected chi connectivity index (χ2v) is 8.92. The number of rotatable bonds is 3. The highest BCUT2D eigenvalue weighted by molar-refractivity contribution is 6.42. The molecule has 0 radical (unpaired) electrons. The highest BCUT2D eigenvalue weighted by Crippen LogP contribution is 2.61. The van der Waals surface area contributed by atoms with E-state index in [1.165, 1.54) is 38.5 Å². The second-order valence-electron chi connectivity index (χ2n) is 8.10. The van der Waals surface area contributed by atoms with Crippen molar-refractivity contribution >= 4 is 29.1 Å². The second kappa shape index (κ2) is 5.67. The molecule has 1 amide bonds. The van der Waals surface area contributed by atoms with Crippen LogP contribution in [0.3, 0.4) is 0 Å². The lowest BCUT2D eigenvalue weighted by Gasteiger charge is -2.59. The average Bonchev–Trinajstić information content (AvgIpc) is 2.48. The first-order valence-electron chi connectivity index (χ1n) is 8.71. The Hall–Kier alpha value is -0.730. The van der Waals surface area contributed by atoms with E-state index >= 15 is 0 Å². The maximum atomic E-state index is 12.6. The van der Waals surface area contributed by atoms with Crippen molar-refractivity contribution in [3.8, 4) is 0 Å². The number of hydrogen-bond acceptors (Lipinski definition) is 1. The first kappa shape index (κ1) is 15.8. The molecule has 0 saturated heterocycles. The molecule has 5 rings (SSSR count). The molecule has 0 spiro atoms. The first-order valence-corrected chi connectivity index (χ1v) is 9.47. The van der Waals surface area contributed by atoms with Crippen LogP contribution in [-0.2, 0) is 0 Å². The molecule has 1 aromatic carbocycles. The molecule has 1 aromatic rings. The highest BCUT2D eigenvalue weighted by atomic mass is 35.5. The summed E-state index contributed by atoms with van der Waals surface area (Å²) in [6, 6.07) is 5.31. The normalized spacial score (nSPS) is 36.0. The van der Waals surface area contributed by atoms with Gasteiger partial charge in [0, 0.05) is 11.6 Å². The number of hydrogen-bond donors (Lipinski definition) is 1. The maximum absolute atomic E-state index is 12.6. The van der Waals surface area contributed by atoms with Gasteiger partial charge < -0.3 is 5.32 Å². The Labute approximate surface area is 147 Å². The third-order valence-corrected chi connectivity index (χ3v) is 7.27. The summed E-state index contributed by atoms with van der Waals surface area (Å²) in [5, 5.41) is 4.18. The number of nitrogens with one attached hydrogen (secondary N) is 1. The zero-order valence-electron chi connectivity index (χ0n) is 13.4. The smallest absolute Gasteiger partial charge is 0.251 e. The SMILES string of the molecule is CC(NC(=O)c1ccc(Cl)c(Cl)c1)C12CC3CC(CC(C3)C1)C2. The fourth-order valence-corrected chi connectivity index (χ4v) is 6.08. The molecule has 1 unspecified atom stereocenters. The summed E-state index contributed by atoms with van der Waals surface area (Å²) in [4.78, 5) is 12.6. The van der Waals surface area contributed by atoms with Gasteiger partial charge >= 0.3 is 0 Å². The Morgan fingerprint density at radius 3 is 2.17 bits per heavy atom. The van der Waals surface area contributed by atoms with Gasteiger partial charge in [0.15, 0.2) is 0 Å². The van der Waals surface area contributed by atoms with E-state index in [1.54, 1.807) is 18.2 Å². The van der Waals surface area contributed by atoms with E-state index in [9.17, 15) is 4.79 Å². The van der Waals surface area contributed by atoms with Crippen LogP contribution in [0.2, 0.25) is 10.0 Å². The molecule has 4 aliphatic carbocycles. The van der Waals surface area contributed by atoms with Crippen molar-refractivity contribution in [2.24, 2.45) is 23.2 Å². The Morgan fingerprint density at radius 2 is 1.65 bits per heavy atom. The molecule has 4 saturated carbocycles. The molecule has 0 heterocycles. The summed E-state index contributed by atoms with van der Waals surface area (Å²) in [6.07, 6.45) is 8.15. The molecular formula is C19H23Cl2NO. The van der Waals surface area contributed by atoms with Crippen LogP contribution in [0.4, 0.5) is 0 Å². The van der Waals surface area contributed by atoms with Crippen molar-refractivity contribution in [2.75, 3.05) is 0 Å². The van der Waals surface area contributed by atoms with Crippen LogP contribution in [0, 0.1) is 23.2 Å². The van der Waals surface area contributed by atoms with Crippen LogP contribution in [0.15, 0.2) is 18.2 Å². The average molecular weight is 352 g/mol. The van der Waals surface area contributed by atoms with Gasteiger partial charge in [-0.1, -0.05) is 23.2 Å². The maximum Gasteiger partial charge on any atom is 0.251 e. The zero-order chi connectivity index (χ0) is 16.2. The first-order chi connectivity index (χ1) is 10.9. The predicted molar refractivity (Wildman–Crippen MR) is 94.0 cm³/mol. The molecule has 4 heteroatoms. The molecule has 23 heavy (non-hydrogen) atoms. The predicted octanol–water partition coefficient (Wildman–Crippen LogP) is 5.33. The third kappa shape index (κ3) is 2.78. The van der Waals surface area contributed by atoms with Crippen LogP contribution in [0.5, 0.6) is 0 Å². The largest absolute Gasteiger partial charge is 0.349 e. The number of halogens is 2. The molecule has 4 bridgehead atoms. The van der Waals surface area contributed by atoms with E-state index in [2.05, 4.69) is 12.2 Å². The number of benzene rings is 1. The van der Waals surface area contributed by atoms with Crippen molar-refractivity contribution in [3.63, 3.8) is 0 Å². The topological polar surface area (TPSA) is 29.1 Å². The van der Waals surface area contributed by atoms with E-state index in [0.717, 1.165) is 17.8 Å². The van der Waals surface area contributed by atoms with Gasteiger partial charge in [-0.25, -0.2) is 0 Å². The molecule has 1 N–H and O–H groups in total. The summed E-state index contributed by atoms with van der Waals surface area (Å²) >= 11 is 12.0. The minimum atomic E-state index is -0.0354. The third-order valence-electron chi connectivity index (χ3n) is 6.53. The fourth-order valence-electron chi connectivity index (χ4n) is 5.78. The number of carbonyl (C=O) groups excluding carboxylic acids is 1. The molecule has 1 atom stereocenters. The number of amides is 1. The minimum Gasteiger partial charge on any atom is -0.349 e. The van der Waals surface area contributed by atoms with Gasteiger partial charge in [0.1, 0.15) is 0 Å². The fraction of sp³-hybridized carbons (Fsp3) is 0.632. The molecule has 0 aromatic heterocycles. The van der Waals surface area contributed by atoms with E-state index in [0.29, 0.717) is 21.0 Å². The van der Waals surface area contributed by atoms with Crippen LogP contribution >= 0.6 is 23.2 Å². The van der Waals surface area contributed by atoms with Gasteiger partial charge in [-0.3, -0.25) is 4.79 Å². The van der Waals surface area contributed by atoms with Crippen molar-refractivity contribution in [3.05, 3.63) is 33.8 Å². The van der Waals surface area contributed by atoms with Crippen LogP contribution in [-0.4, -0.2) is 11.9 Å². The van der Waals surface area contributed by atoms with E-state index in [4.69, 9.17) is 23.2 Å². The van der Waals surface area contributed by atoms with Crippen molar-refractivity contribution < 1.29 is 4.79 Å². The van der Waals surface area contributed by atoms with Crippen LogP contribution in [0.25, 0.3) is 0 Å². The van der Waals surface area contributed by atoms with Gasteiger partial charge in [-0.15, -0.1) is 0 Å². The Kier molecular flexibility index (Phi) is 3.89. The lowest BCUT2D eigenvalue weighted by Crippen LogP contribution is -2.55. The van der Waals surface area contributed by atoms with Crippen molar-refractivity contribution in [2.45, 2.75) is 51.5 Å². The summed E-state index contributed by atoms with van der Waals surface area (Å²) < 4.78 is 0. The van der Waals surface area contributed by atoms with Crippen LogP contribution in [0.1, 0.15) is 55.8 Å². The molecule has 4 aliphatic rings. The summed E-state index contributed by atoms with van der Waals surface area (Å²) in [7, 11) is 0. The van der Waals surface area contributed by atoms with Gasteiger partial charge in [0.25, 0.3) is 5.91 Å². The molecular weight excluding hydrogens is 329 g/mol. The summed E-state index contributed by atoms with van der Waals surface area (Å²) in [5.74, 6) is 2.65. The van der Waals surface area contributed by atoms with Gasteiger partial charge in [0.05, 0.1) is 10.0 Å². The standard InChI is InChI=1S/C19H23Cl2NO/c1-11(22-18(23)15-2-3-16(20)17(21)7-15)19-8-12-4-13(9-19)6-14(5-12)10-19/h2-3,7,11-14H,4-6,8-10H2,1H3,(H,22,23). The van der Waals surface area contributed by atoms with Crippen molar-refractivity contribution in [1.82, 2.24) is 5.32 Å².